The number of benzene rings is 1. The lowest BCUT2D eigenvalue weighted by Crippen LogP contribution is -2.09. The minimum Gasteiger partial charge on any atom is -0.508 e. The Bertz CT molecular complexity index is 966. The first-order valence-electron chi connectivity index (χ1n) is 7.43. The van der Waals surface area contributed by atoms with Gasteiger partial charge in [-0.25, -0.2) is 14.4 Å². The topological polar surface area (TPSA) is 67.5 Å². The van der Waals surface area contributed by atoms with Crippen LogP contribution in [-0.4, -0.2) is 29.6 Å². The van der Waals surface area contributed by atoms with Gasteiger partial charge < -0.3 is 5.11 Å². The van der Waals surface area contributed by atoms with Crippen LogP contribution >= 0.6 is 15.9 Å². The molecule has 7 heteroatoms. The third-order valence-corrected chi connectivity index (χ3v) is 5.20. The molecule has 122 valence electrons. The SMILES string of the molecule is CC1(Br)CC1c1nc2ncc(F)cn2c1C(=O)c1ccc(O)cc1. The Morgan fingerprint density at radius 3 is 2.71 bits per heavy atom. The highest BCUT2D eigenvalue weighted by Crippen LogP contribution is 2.57. The van der Waals surface area contributed by atoms with Crippen molar-refractivity contribution in [2.45, 2.75) is 23.6 Å². The third kappa shape index (κ3) is 2.39. The first-order chi connectivity index (χ1) is 11.4. The summed E-state index contributed by atoms with van der Waals surface area (Å²) in [4.78, 5) is 21.4. The summed E-state index contributed by atoms with van der Waals surface area (Å²) in [6.45, 7) is 2.03. The summed E-state index contributed by atoms with van der Waals surface area (Å²) in [6.07, 6.45) is 3.15. The monoisotopic (exact) mass is 389 g/mol. The Kier molecular flexibility index (Phi) is 3.25. The van der Waals surface area contributed by atoms with Crippen molar-refractivity contribution in [1.82, 2.24) is 14.4 Å². The van der Waals surface area contributed by atoms with E-state index in [9.17, 15) is 14.3 Å². The van der Waals surface area contributed by atoms with E-state index >= 15 is 0 Å². The first-order valence-corrected chi connectivity index (χ1v) is 8.22. The quantitative estimate of drug-likeness (QED) is 0.550. The number of nitrogens with zero attached hydrogens (tertiary/aromatic N) is 3. The number of carbonyl (C=O) groups is 1. The molecule has 0 saturated heterocycles. The molecule has 2 atom stereocenters. The molecular formula is C17H13BrFN3O2. The molecule has 2 heterocycles. The number of hydrogen-bond donors (Lipinski definition) is 1. The maximum absolute atomic E-state index is 13.6. The number of halogens is 2. The molecule has 3 aromatic rings. The van der Waals surface area contributed by atoms with Gasteiger partial charge in [-0.3, -0.25) is 9.20 Å². The molecule has 24 heavy (non-hydrogen) atoms. The Morgan fingerprint density at radius 2 is 2.08 bits per heavy atom. The fourth-order valence-electron chi connectivity index (χ4n) is 2.87. The largest absolute Gasteiger partial charge is 0.508 e. The Labute approximate surface area is 145 Å². The Morgan fingerprint density at radius 1 is 1.42 bits per heavy atom. The van der Waals surface area contributed by atoms with Gasteiger partial charge in [-0.05, 0) is 37.6 Å². The fraction of sp³-hybridized carbons (Fsp3) is 0.235. The number of carbonyl (C=O) groups excluding carboxylic acids is 1. The minimum absolute atomic E-state index is 0.0679. The van der Waals surface area contributed by atoms with Crippen molar-refractivity contribution in [3.05, 3.63) is 59.4 Å². The number of phenols is 1. The highest BCUT2D eigenvalue weighted by molar-refractivity contribution is 9.10. The molecule has 2 unspecified atom stereocenters. The van der Waals surface area contributed by atoms with Crippen LogP contribution in [0.15, 0.2) is 36.7 Å². The van der Waals surface area contributed by atoms with Gasteiger partial charge in [-0.15, -0.1) is 0 Å². The number of ketones is 1. The lowest BCUT2D eigenvalue weighted by molar-refractivity contribution is 0.103. The summed E-state index contributed by atoms with van der Waals surface area (Å²) < 4.78 is 14.9. The molecular weight excluding hydrogens is 377 g/mol. The lowest BCUT2D eigenvalue weighted by Gasteiger charge is -2.06. The van der Waals surface area contributed by atoms with Crippen molar-refractivity contribution < 1.29 is 14.3 Å². The van der Waals surface area contributed by atoms with Gasteiger partial charge >= 0.3 is 0 Å². The van der Waals surface area contributed by atoms with Gasteiger partial charge in [-0.2, -0.15) is 0 Å². The number of rotatable bonds is 3. The van der Waals surface area contributed by atoms with Gasteiger partial charge in [0.1, 0.15) is 11.4 Å². The summed E-state index contributed by atoms with van der Waals surface area (Å²) >= 11 is 3.62. The molecule has 0 bridgehead atoms. The van der Waals surface area contributed by atoms with E-state index in [0.717, 1.165) is 12.6 Å². The summed E-state index contributed by atoms with van der Waals surface area (Å²) in [5.74, 6) is -0.376. The Balaban J connectivity index is 1.91. The van der Waals surface area contributed by atoms with Crippen molar-refractivity contribution in [1.29, 1.82) is 0 Å². The van der Waals surface area contributed by atoms with E-state index in [-0.39, 0.29) is 21.8 Å². The van der Waals surface area contributed by atoms with Gasteiger partial charge in [0.05, 0.1) is 18.1 Å². The second kappa shape index (κ2) is 5.11. The predicted molar refractivity (Wildman–Crippen MR) is 89.2 cm³/mol. The van der Waals surface area contributed by atoms with Crippen molar-refractivity contribution in [2.24, 2.45) is 0 Å². The van der Waals surface area contributed by atoms with Gasteiger partial charge in [0.2, 0.25) is 11.6 Å². The number of fused-ring (bicyclic) bond motifs is 1. The number of phenolic OH excluding ortho intramolecular Hbond substituents is 1. The van der Waals surface area contributed by atoms with Crippen LogP contribution in [0.25, 0.3) is 5.78 Å². The molecule has 2 aromatic heterocycles. The summed E-state index contributed by atoms with van der Waals surface area (Å²) in [6, 6.07) is 5.96. The highest BCUT2D eigenvalue weighted by Gasteiger charge is 2.52. The summed E-state index contributed by atoms with van der Waals surface area (Å²) in [5.41, 5.74) is 1.33. The zero-order chi connectivity index (χ0) is 17.1. The second-order valence-electron chi connectivity index (χ2n) is 6.20. The smallest absolute Gasteiger partial charge is 0.234 e. The molecule has 0 radical (unpaired) electrons. The van der Waals surface area contributed by atoms with Gasteiger partial charge in [0.15, 0.2) is 5.82 Å². The molecule has 0 aliphatic heterocycles. The van der Waals surface area contributed by atoms with Crippen LogP contribution in [0.5, 0.6) is 5.75 Å². The van der Waals surface area contributed by atoms with E-state index in [4.69, 9.17) is 0 Å². The van der Waals surface area contributed by atoms with Crippen LogP contribution in [0, 0.1) is 5.82 Å². The van der Waals surface area contributed by atoms with Crippen molar-refractivity contribution in [3.8, 4) is 5.75 Å². The zero-order valence-corrected chi connectivity index (χ0v) is 14.3. The lowest BCUT2D eigenvalue weighted by atomic mass is 10.0. The molecule has 1 aliphatic carbocycles. The van der Waals surface area contributed by atoms with Gasteiger partial charge in [0.25, 0.3) is 0 Å². The number of aromatic hydroxyl groups is 1. The zero-order valence-electron chi connectivity index (χ0n) is 12.7. The van der Waals surface area contributed by atoms with Crippen LogP contribution < -0.4 is 0 Å². The molecule has 0 amide bonds. The molecule has 4 rings (SSSR count). The number of aromatic nitrogens is 3. The van der Waals surface area contributed by atoms with Crippen LogP contribution in [-0.2, 0) is 0 Å². The van der Waals surface area contributed by atoms with E-state index in [1.807, 2.05) is 6.92 Å². The van der Waals surface area contributed by atoms with E-state index < -0.39 is 5.82 Å². The van der Waals surface area contributed by atoms with E-state index in [1.54, 1.807) is 0 Å². The number of alkyl halides is 1. The molecule has 1 N–H and O–H groups in total. The average Bonchev–Trinajstić information content (AvgIpc) is 3.02. The van der Waals surface area contributed by atoms with Crippen LogP contribution in [0.1, 0.15) is 41.0 Å². The number of imidazole rings is 1. The van der Waals surface area contributed by atoms with Crippen molar-refractivity contribution >= 4 is 27.5 Å². The van der Waals surface area contributed by atoms with E-state index in [2.05, 4.69) is 25.9 Å². The Hall–Kier alpha value is -2.28. The highest BCUT2D eigenvalue weighted by atomic mass is 79.9. The summed E-state index contributed by atoms with van der Waals surface area (Å²) in [5, 5.41) is 9.40. The first kappa shape index (κ1) is 15.3. The maximum Gasteiger partial charge on any atom is 0.234 e. The molecule has 1 saturated carbocycles. The van der Waals surface area contributed by atoms with Gasteiger partial charge in [0, 0.05) is 15.8 Å². The third-order valence-electron chi connectivity index (χ3n) is 4.32. The average molecular weight is 390 g/mol. The summed E-state index contributed by atoms with van der Waals surface area (Å²) in [7, 11) is 0. The fourth-order valence-corrected chi connectivity index (χ4v) is 3.41. The molecule has 1 aliphatic rings. The molecule has 1 fully saturated rings. The standard InChI is InChI=1S/C17H13BrFN3O2/c1-17(18)6-12(17)13-14(15(24)9-2-4-11(23)5-3-9)22-8-10(19)7-20-16(22)21-13/h2-5,7-8,12,23H,6H2,1H3. The van der Waals surface area contributed by atoms with Crippen LogP contribution in [0.4, 0.5) is 4.39 Å². The molecule has 5 nitrogen and oxygen atoms in total. The predicted octanol–water partition coefficient (Wildman–Crippen LogP) is 3.45. The number of hydrogen-bond acceptors (Lipinski definition) is 4. The molecule has 0 spiro atoms. The van der Waals surface area contributed by atoms with Crippen molar-refractivity contribution in [2.75, 3.05) is 0 Å². The van der Waals surface area contributed by atoms with Crippen molar-refractivity contribution in [3.63, 3.8) is 0 Å². The van der Waals surface area contributed by atoms with E-state index in [0.29, 0.717) is 22.7 Å². The van der Waals surface area contributed by atoms with Crippen LogP contribution in [0.3, 0.4) is 0 Å². The molecule has 1 aromatic carbocycles. The second-order valence-corrected chi connectivity index (χ2v) is 8.01. The normalized spacial score (nSPS) is 22.7. The maximum atomic E-state index is 13.6. The minimum atomic E-state index is -0.538. The van der Waals surface area contributed by atoms with Crippen LogP contribution in [0.2, 0.25) is 0 Å². The van der Waals surface area contributed by atoms with E-state index in [1.165, 1.54) is 34.9 Å². The van der Waals surface area contributed by atoms with Gasteiger partial charge in [-0.1, -0.05) is 15.9 Å².